The van der Waals surface area contributed by atoms with Crippen LogP contribution in [0.3, 0.4) is 0 Å². The van der Waals surface area contributed by atoms with Crippen molar-refractivity contribution in [1.29, 1.82) is 0 Å². The van der Waals surface area contributed by atoms with Crippen LogP contribution < -0.4 is 5.73 Å². The van der Waals surface area contributed by atoms with E-state index in [-0.39, 0.29) is 12.4 Å². The molecule has 0 aromatic carbocycles. The van der Waals surface area contributed by atoms with E-state index in [1.54, 1.807) is 0 Å². The summed E-state index contributed by atoms with van der Waals surface area (Å²) in [5.41, 5.74) is 6.15. The third-order valence-electron chi connectivity index (χ3n) is 3.21. The van der Waals surface area contributed by atoms with Gasteiger partial charge in [0.25, 0.3) is 0 Å². The lowest BCUT2D eigenvalue weighted by atomic mass is 9.90. The van der Waals surface area contributed by atoms with E-state index >= 15 is 0 Å². The average Bonchev–Trinajstić information content (AvgIpc) is 2.16. The first-order valence-electron chi connectivity index (χ1n) is 6.42. The molecule has 1 rings (SSSR count). The minimum Gasteiger partial charge on any atom is -0.343 e. The Morgan fingerprint density at radius 2 is 1.82 bits per heavy atom. The van der Waals surface area contributed by atoms with Crippen LogP contribution >= 0.6 is 12.4 Å². The van der Waals surface area contributed by atoms with E-state index in [4.69, 9.17) is 5.73 Å². The van der Waals surface area contributed by atoms with Crippen LogP contribution in [0.4, 0.5) is 0 Å². The summed E-state index contributed by atoms with van der Waals surface area (Å²) in [6, 6.07) is 0.304. The molecule has 102 valence electrons. The minimum absolute atomic E-state index is 0. The lowest BCUT2D eigenvalue weighted by Gasteiger charge is -2.30. The van der Waals surface area contributed by atoms with Crippen LogP contribution in [-0.2, 0) is 4.79 Å². The number of nitrogens with two attached hydrogens (primary N) is 1. The summed E-state index contributed by atoms with van der Waals surface area (Å²) in [7, 11) is 0. The Kier molecular flexibility index (Phi) is 7.10. The number of carbonyl (C=O) groups is 1. The topological polar surface area (TPSA) is 46.3 Å². The van der Waals surface area contributed by atoms with E-state index in [0.717, 1.165) is 38.8 Å². The van der Waals surface area contributed by atoms with Gasteiger partial charge in [0.1, 0.15) is 0 Å². The van der Waals surface area contributed by atoms with E-state index in [9.17, 15) is 4.79 Å². The zero-order valence-corrected chi connectivity index (χ0v) is 12.2. The second-order valence-corrected chi connectivity index (χ2v) is 6.13. The Bertz CT molecular complexity index is 230. The van der Waals surface area contributed by atoms with Crippen molar-refractivity contribution in [2.45, 2.75) is 58.9 Å². The Balaban J connectivity index is 0.00000256. The molecule has 0 unspecified atom stereocenters. The molecule has 0 aliphatic carbocycles. The van der Waals surface area contributed by atoms with E-state index < -0.39 is 0 Å². The molecular formula is C13H27ClN2O. The molecule has 0 bridgehead atoms. The van der Waals surface area contributed by atoms with Gasteiger partial charge in [-0.25, -0.2) is 0 Å². The molecule has 0 spiro atoms. The molecule has 0 aromatic heterocycles. The highest BCUT2D eigenvalue weighted by Crippen LogP contribution is 2.22. The molecule has 1 aliphatic heterocycles. The minimum atomic E-state index is 0. The van der Waals surface area contributed by atoms with Gasteiger partial charge in [-0.05, 0) is 31.1 Å². The standard InChI is InChI=1S/C13H26N2O.ClH/c1-13(2,3)8-4-5-12(16)15-9-6-11(14)7-10-15;/h11H,4-10,14H2,1-3H3;1H. The molecule has 0 radical (unpaired) electrons. The number of hydrogen-bond acceptors (Lipinski definition) is 2. The van der Waals surface area contributed by atoms with Crippen LogP contribution in [0.25, 0.3) is 0 Å². The van der Waals surface area contributed by atoms with Crippen LogP contribution in [0, 0.1) is 5.41 Å². The monoisotopic (exact) mass is 262 g/mol. The molecule has 1 aliphatic rings. The first kappa shape index (κ1) is 16.7. The summed E-state index contributed by atoms with van der Waals surface area (Å²) in [6.45, 7) is 8.37. The van der Waals surface area contributed by atoms with E-state index in [1.807, 2.05) is 4.90 Å². The number of rotatable bonds is 3. The third-order valence-corrected chi connectivity index (χ3v) is 3.21. The molecular weight excluding hydrogens is 236 g/mol. The highest BCUT2D eigenvalue weighted by molar-refractivity contribution is 5.85. The van der Waals surface area contributed by atoms with Gasteiger partial charge < -0.3 is 10.6 Å². The van der Waals surface area contributed by atoms with Crippen LogP contribution in [0.1, 0.15) is 52.9 Å². The van der Waals surface area contributed by atoms with Crippen molar-refractivity contribution in [2.24, 2.45) is 11.1 Å². The molecule has 17 heavy (non-hydrogen) atoms. The Labute approximate surface area is 112 Å². The fourth-order valence-corrected chi connectivity index (χ4v) is 2.08. The highest BCUT2D eigenvalue weighted by Gasteiger charge is 2.20. The van der Waals surface area contributed by atoms with Gasteiger partial charge in [-0.3, -0.25) is 4.79 Å². The van der Waals surface area contributed by atoms with Gasteiger partial charge in [0.2, 0.25) is 5.91 Å². The van der Waals surface area contributed by atoms with Crippen LogP contribution in [-0.4, -0.2) is 29.9 Å². The van der Waals surface area contributed by atoms with E-state index in [2.05, 4.69) is 20.8 Å². The van der Waals surface area contributed by atoms with Gasteiger partial charge in [-0.2, -0.15) is 0 Å². The van der Waals surface area contributed by atoms with Crippen LogP contribution in [0.15, 0.2) is 0 Å². The van der Waals surface area contributed by atoms with Crippen molar-refractivity contribution in [2.75, 3.05) is 13.1 Å². The average molecular weight is 263 g/mol. The van der Waals surface area contributed by atoms with Crippen molar-refractivity contribution >= 4 is 18.3 Å². The maximum atomic E-state index is 11.9. The fourth-order valence-electron chi connectivity index (χ4n) is 2.08. The van der Waals surface area contributed by atoms with Gasteiger partial charge in [-0.1, -0.05) is 20.8 Å². The second kappa shape index (κ2) is 7.22. The molecule has 0 saturated carbocycles. The lowest BCUT2D eigenvalue weighted by molar-refractivity contribution is -0.132. The Hall–Kier alpha value is -0.280. The van der Waals surface area contributed by atoms with Crippen molar-refractivity contribution in [3.05, 3.63) is 0 Å². The lowest BCUT2D eigenvalue weighted by Crippen LogP contribution is -2.42. The number of piperidine rings is 1. The molecule has 2 N–H and O–H groups in total. The second-order valence-electron chi connectivity index (χ2n) is 6.13. The molecule has 0 atom stereocenters. The van der Waals surface area contributed by atoms with E-state index in [0.29, 0.717) is 23.8 Å². The third kappa shape index (κ3) is 6.89. The van der Waals surface area contributed by atoms with Crippen molar-refractivity contribution < 1.29 is 4.79 Å². The van der Waals surface area contributed by atoms with Gasteiger partial charge in [0, 0.05) is 25.6 Å². The molecule has 1 heterocycles. The number of hydrogen-bond donors (Lipinski definition) is 1. The summed E-state index contributed by atoms with van der Waals surface area (Å²) in [5, 5.41) is 0. The molecule has 0 aromatic rings. The van der Waals surface area contributed by atoms with E-state index in [1.165, 1.54) is 0 Å². The molecule has 1 amide bonds. The highest BCUT2D eigenvalue weighted by atomic mass is 35.5. The van der Waals surface area contributed by atoms with Crippen molar-refractivity contribution in [3.8, 4) is 0 Å². The summed E-state index contributed by atoms with van der Waals surface area (Å²) in [6.07, 6.45) is 4.75. The molecule has 3 nitrogen and oxygen atoms in total. The van der Waals surface area contributed by atoms with Crippen molar-refractivity contribution in [3.63, 3.8) is 0 Å². The Morgan fingerprint density at radius 1 is 1.29 bits per heavy atom. The summed E-state index contributed by atoms with van der Waals surface area (Å²) in [5.74, 6) is 0.316. The summed E-state index contributed by atoms with van der Waals surface area (Å²) in [4.78, 5) is 13.9. The predicted molar refractivity (Wildman–Crippen MR) is 74.3 cm³/mol. The number of carbonyl (C=O) groups excluding carboxylic acids is 1. The maximum Gasteiger partial charge on any atom is 0.222 e. The molecule has 1 saturated heterocycles. The SMILES string of the molecule is CC(C)(C)CCCC(=O)N1CCC(N)CC1.Cl. The number of halogens is 1. The fraction of sp³-hybridized carbons (Fsp3) is 0.923. The quantitative estimate of drug-likeness (QED) is 0.850. The first-order valence-corrected chi connectivity index (χ1v) is 6.42. The van der Waals surface area contributed by atoms with Gasteiger partial charge >= 0.3 is 0 Å². The zero-order chi connectivity index (χ0) is 12.2. The number of nitrogens with zero attached hydrogens (tertiary/aromatic N) is 1. The number of likely N-dealkylation sites (tertiary alicyclic amines) is 1. The van der Waals surface area contributed by atoms with Gasteiger partial charge in [0.05, 0.1) is 0 Å². The predicted octanol–water partition coefficient (Wildman–Crippen LogP) is 2.57. The normalized spacial score (nSPS) is 17.8. The van der Waals surface area contributed by atoms with Gasteiger partial charge in [-0.15, -0.1) is 12.4 Å². The molecule has 1 fully saturated rings. The Morgan fingerprint density at radius 3 is 2.29 bits per heavy atom. The largest absolute Gasteiger partial charge is 0.343 e. The van der Waals surface area contributed by atoms with Gasteiger partial charge in [0.15, 0.2) is 0 Å². The first-order chi connectivity index (χ1) is 7.38. The number of amides is 1. The maximum absolute atomic E-state index is 11.9. The summed E-state index contributed by atoms with van der Waals surface area (Å²) < 4.78 is 0. The summed E-state index contributed by atoms with van der Waals surface area (Å²) >= 11 is 0. The smallest absolute Gasteiger partial charge is 0.222 e. The van der Waals surface area contributed by atoms with Crippen LogP contribution in [0.2, 0.25) is 0 Å². The molecule has 4 heteroatoms. The van der Waals surface area contributed by atoms with Crippen molar-refractivity contribution in [1.82, 2.24) is 4.90 Å². The van der Waals surface area contributed by atoms with Crippen LogP contribution in [0.5, 0.6) is 0 Å². The zero-order valence-electron chi connectivity index (χ0n) is 11.4.